The number of likely N-dealkylation sites (N-methyl/N-ethyl adjacent to an activating group) is 1. The van der Waals surface area contributed by atoms with Crippen LogP contribution in [-0.2, 0) is 0 Å². The molecule has 0 aliphatic heterocycles. The third-order valence-electron chi connectivity index (χ3n) is 3.45. The van der Waals surface area contributed by atoms with E-state index in [9.17, 15) is 5.11 Å². The number of phenolic OH excluding ortho intramolecular Hbond substituents is 1. The molecule has 0 aliphatic rings. The first kappa shape index (κ1) is 15.5. The van der Waals surface area contributed by atoms with Gasteiger partial charge in [-0.15, -0.1) is 11.6 Å². The van der Waals surface area contributed by atoms with Crippen LogP contribution in [0.3, 0.4) is 0 Å². The molecule has 1 unspecified atom stereocenters. The zero-order valence-electron chi connectivity index (χ0n) is 12.5. The summed E-state index contributed by atoms with van der Waals surface area (Å²) >= 11 is 6.57. The van der Waals surface area contributed by atoms with E-state index in [1.54, 1.807) is 19.2 Å². The van der Waals surface area contributed by atoms with Crippen molar-refractivity contribution in [1.29, 1.82) is 0 Å². The van der Waals surface area contributed by atoms with Gasteiger partial charge in [0, 0.05) is 24.8 Å². The van der Waals surface area contributed by atoms with E-state index in [0.717, 1.165) is 22.6 Å². The van der Waals surface area contributed by atoms with E-state index in [0.29, 0.717) is 6.54 Å². The zero-order chi connectivity index (χ0) is 15.4. The number of methoxy groups -OCH3 is 1. The Labute approximate surface area is 130 Å². The molecule has 2 aromatic rings. The zero-order valence-corrected chi connectivity index (χ0v) is 13.3. The number of halogens is 1. The third kappa shape index (κ3) is 3.82. The summed E-state index contributed by atoms with van der Waals surface area (Å²) < 4.78 is 5.39. The second kappa shape index (κ2) is 6.72. The van der Waals surface area contributed by atoms with Crippen LogP contribution in [0.4, 0.5) is 5.69 Å². The Hall–Kier alpha value is -1.87. The normalized spacial score (nSPS) is 12.0. The van der Waals surface area contributed by atoms with Gasteiger partial charge >= 0.3 is 0 Å². The second-order valence-electron chi connectivity index (χ2n) is 5.11. The van der Waals surface area contributed by atoms with Crippen LogP contribution in [0.2, 0.25) is 0 Å². The van der Waals surface area contributed by atoms with Gasteiger partial charge in [0.15, 0.2) is 0 Å². The maximum atomic E-state index is 9.34. The molecule has 21 heavy (non-hydrogen) atoms. The molecule has 0 aromatic heterocycles. The first-order valence-corrected chi connectivity index (χ1v) is 7.23. The van der Waals surface area contributed by atoms with Gasteiger partial charge in [0.1, 0.15) is 11.5 Å². The molecule has 0 fully saturated rings. The molecule has 0 aliphatic carbocycles. The molecular formula is C17H20ClNO2. The summed E-state index contributed by atoms with van der Waals surface area (Å²) in [5, 5.41) is 9.15. The van der Waals surface area contributed by atoms with Gasteiger partial charge in [0.2, 0.25) is 0 Å². The molecule has 3 nitrogen and oxygen atoms in total. The molecule has 1 atom stereocenters. The number of anilines is 1. The van der Waals surface area contributed by atoms with Crippen molar-refractivity contribution in [3.05, 3.63) is 53.6 Å². The van der Waals surface area contributed by atoms with Crippen LogP contribution in [0.15, 0.2) is 42.5 Å². The van der Waals surface area contributed by atoms with Gasteiger partial charge in [-0.05, 0) is 37.3 Å². The molecule has 0 radical (unpaired) electrons. The standard InChI is InChI=1S/C17H20ClNO2/c1-12-4-9-17(21-3)15(10-12)16(18)11-19(2)13-5-7-14(20)8-6-13/h4-10,16,20H,11H2,1-3H3. The average Bonchev–Trinajstić information content (AvgIpc) is 2.47. The maximum absolute atomic E-state index is 9.34. The number of benzene rings is 2. The lowest BCUT2D eigenvalue weighted by Crippen LogP contribution is -2.22. The molecule has 0 bridgehead atoms. The molecule has 0 saturated heterocycles. The van der Waals surface area contributed by atoms with E-state index < -0.39 is 0 Å². The molecule has 0 amide bonds. The highest BCUT2D eigenvalue weighted by molar-refractivity contribution is 6.21. The maximum Gasteiger partial charge on any atom is 0.123 e. The monoisotopic (exact) mass is 305 g/mol. The van der Waals surface area contributed by atoms with E-state index >= 15 is 0 Å². The number of hydrogen-bond donors (Lipinski definition) is 1. The Balaban J connectivity index is 2.15. The minimum absolute atomic E-state index is 0.182. The van der Waals surface area contributed by atoms with Crippen molar-refractivity contribution in [2.45, 2.75) is 12.3 Å². The molecule has 0 heterocycles. The predicted octanol–water partition coefficient (Wildman–Crippen LogP) is 4.13. The minimum atomic E-state index is -0.182. The summed E-state index contributed by atoms with van der Waals surface area (Å²) in [6.07, 6.45) is 0. The Morgan fingerprint density at radius 3 is 2.48 bits per heavy atom. The summed E-state index contributed by atoms with van der Waals surface area (Å²) in [4.78, 5) is 2.05. The Morgan fingerprint density at radius 1 is 1.19 bits per heavy atom. The number of aryl methyl sites for hydroxylation is 1. The van der Waals surface area contributed by atoms with Crippen LogP contribution >= 0.6 is 11.6 Å². The fourth-order valence-electron chi connectivity index (χ4n) is 2.25. The van der Waals surface area contributed by atoms with Crippen molar-refractivity contribution in [2.75, 3.05) is 25.6 Å². The van der Waals surface area contributed by atoms with Crippen LogP contribution in [0.5, 0.6) is 11.5 Å². The van der Waals surface area contributed by atoms with Gasteiger partial charge < -0.3 is 14.7 Å². The van der Waals surface area contributed by atoms with E-state index in [4.69, 9.17) is 16.3 Å². The summed E-state index contributed by atoms with van der Waals surface area (Å²) in [6.45, 7) is 2.68. The molecule has 0 spiro atoms. The number of nitrogens with zero attached hydrogens (tertiary/aromatic N) is 1. The molecule has 2 rings (SSSR count). The van der Waals surface area contributed by atoms with Crippen molar-refractivity contribution in [3.8, 4) is 11.5 Å². The van der Waals surface area contributed by atoms with Crippen molar-refractivity contribution in [1.82, 2.24) is 0 Å². The smallest absolute Gasteiger partial charge is 0.123 e. The number of alkyl halides is 1. The topological polar surface area (TPSA) is 32.7 Å². The van der Waals surface area contributed by atoms with Crippen LogP contribution in [0.1, 0.15) is 16.5 Å². The number of phenols is 1. The molecule has 0 saturated carbocycles. The minimum Gasteiger partial charge on any atom is -0.508 e. The first-order chi connectivity index (χ1) is 10.0. The largest absolute Gasteiger partial charge is 0.508 e. The number of aromatic hydroxyl groups is 1. The molecule has 1 N–H and O–H groups in total. The fraction of sp³-hybridized carbons (Fsp3) is 0.294. The van der Waals surface area contributed by atoms with Gasteiger partial charge in [-0.3, -0.25) is 0 Å². The van der Waals surface area contributed by atoms with Gasteiger partial charge in [0.25, 0.3) is 0 Å². The van der Waals surface area contributed by atoms with Crippen LogP contribution in [0, 0.1) is 6.92 Å². The van der Waals surface area contributed by atoms with E-state index in [1.807, 2.05) is 38.2 Å². The van der Waals surface area contributed by atoms with Crippen LogP contribution < -0.4 is 9.64 Å². The summed E-state index contributed by atoms with van der Waals surface area (Å²) in [5.74, 6) is 1.06. The lowest BCUT2D eigenvalue weighted by Gasteiger charge is -2.23. The third-order valence-corrected chi connectivity index (χ3v) is 3.82. The number of ether oxygens (including phenoxy) is 1. The predicted molar refractivity (Wildman–Crippen MR) is 87.7 cm³/mol. The van der Waals surface area contributed by atoms with Crippen LogP contribution in [-0.4, -0.2) is 25.8 Å². The van der Waals surface area contributed by atoms with E-state index in [2.05, 4.69) is 11.0 Å². The Bertz CT molecular complexity index is 598. The van der Waals surface area contributed by atoms with Crippen molar-refractivity contribution >= 4 is 17.3 Å². The van der Waals surface area contributed by atoms with Gasteiger partial charge in [-0.25, -0.2) is 0 Å². The quantitative estimate of drug-likeness (QED) is 0.843. The highest BCUT2D eigenvalue weighted by atomic mass is 35.5. The lowest BCUT2D eigenvalue weighted by molar-refractivity contribution is 0.409. The molecular weight excluding hydrogens is 286 g/mol. The highest BCUT2D eigenvalue weighted by Gasteiger charge is 2.16. The average molecular weight is 306 g/mol. The first-order valence-electron chi connectivity index (χ1n) is 6.80. The number of rotatable bonds is 5. The Kier molecular flexibility index (Phi) is 4.97. The lowest BCUT2D eigenvalue weighted by atomic mass is 10.1. The van der Waals surface area contributed by atoms with Crippen LogP contribution in [0.25, 0.3) is 0 Å². The highest BCUT2D eigenvalue weighted by Crippen LogP contribution is 2.32. The SMILES string of the molecule is COc1ccc(C)cc1C(Cl)CN(C)c1ccc(O)cc1. The van der Waals surface area contributed by atoms with Crippen molar-refractivity contribution in [3.63, 3.8) is 0 Å². The molecule has 112 valence electrons. The van der Waals surface area contributed by atoms with Crippen molar-refractivity contribution in [2.24, 2.45) is 0 Å². The summed E-state index contributed by atoms with van der Waals surface area (Å²) in [6, 6.07) is 13.1. The second-order valence-corrected chi connectivity index (χ2v) is 5.64. The summed E-state index contributed by atoms with van der Waals surface area (Å²) in [7, 11) is 3.63. The number of hydrogen-bond acceptors (Lipinski definition) is 3. The van der Waals surface area contributed by atoms with Gasteiger partial charge in [-0.1, -0.05) is 17.7 Å². The van der Waals surface area contributed by atoms with Gasteiger partial charge in [-0.2, -0.15) is 0 Å². The fourth-order valence-corrected chi connectivity index (χ4v) is 2.63. The van der Waals surface area contributed by atoms with E-state index in [-0.39, 0.29) is 11.1 Å². The molecule has 4 heteroatoms. The summed E-state index contributed by atoms with van der Waals surface area (Å²) in [5.41, 5.74) is 3.15. The molecule has 2 aromatic carbocycles. The van der Waals surface area contributed by atoms with Crippen molar-refractivity contribution < 1.29 is 9.84 Å². The van der Waals surface area contributed by atoms with Gasteiger partial charge in [0.05, 0.1) is 12.5 Å². The van der Waals surface area contributed by atoms with E-state index in [1.165, 1.54) is 0 Å². The Morgan fingerprint density at radius 2 is 1.86 bits per heavy atom.